The molecular formula is C13H16BrNO. The van der Waals surface area contributed by atoms with Crippen molar-refractivity contribution in [2.45, 2.75) is 19.8 Å². The minimum Gasteiger partial charge on any atom is -0.372 e. The van der Waals surface area contributed by atoms with Crippen molar-refractivity contribution in [3.05, 3.63) is 28.2 Å². The zero-order chi connectivity index (χ0) is 11.5. The van der Waals surface area contributed by atoms with Gasteiger partial charge in [-0.3, -0.25) is 4.79 Å². The number of nitrogens with zero attached hydrogens (tertiary/aromatic N) is 1. The van der Waals surface area contributed by atoms with Crippen molar-refractivity contribution >= 4 is 27.9 Å². The van der Waals surface area contributed by atoms with E-state index in [1.165, 1.54) is 18.5 Å². The second kappa shape index (κ2) is 5.00. The van der Waals surface area contributed by atoms with E-state index in [0.29, 0.717) is 5.56 Å². The van der Waals surface area contributed by atoms with Gasteiger partial charge in [0.1, 0.15) is 0 Å². The Kier molecular flexibility index (Phi) is 3.64. The minimum absolute atomic E-state index is 0.714. The quantitative estimate of drug-likeness (QED) is 0.770. The smallest absolute Gasteiger partial charge is 0.151 e. The molecule has 1 aliphatic rings. The third-order valence-electron chi connectivity index (χ3n) is 3.03. The van der Waals surface area contributed by atoms with Crippen molar-refractivity contribution in [1.82, 2.24) is 0 Å². The van der Waals surface area contributed by atoms with E-state index in [9.17, 15) is 4.79 Å². The number of carbonyl (C=O) groups is 1. The van der Waals surface area contributed by atoms with Crippen LogP contribution in [0.15, 0.2) is 22.7 Å². The average molecular weight is 282 g/mol. The molecule has 0 spiro atoms. The number of hydrogen-bond donors (Lipinski definition) is 0. The van der Waals surface area contributed by atoms with Crippen LogP contribution in [0.25, 0.3) is 0 Å². The van der Waals surface area contributed by atoms with E-state index in [4.69, 9.17) is 0 Å². The standard InChI is InChI=1S/C13H16BrNO/c1-2-15(8-10-3-4-10)12-6-5-11(9-16)13(14)7-12/h5-7,9-10H,2-4,8H2,1H3. The molecule has 0 aliphatic heterocycles. The molecule has 2 nitrogen and oxygen atoms in total. The molecule has 0 atom stereocenters. The Morgan fingerprint density at radius 3 is 2.75 bits per heavy atom. The van der Waals surface area contributed by atoms with Gasteiger partial charge in [-0.25, -0.2) is 0 Å². The molecule has 0 unspecified atom stereocenters. The summed E-state index contributed by atoms with van der Waals surface area (Å²) in [5, 5.41) is 0. The number of aldehydes is 1. The summed E-state index contributed by atoms with van der Waals surface area (Å²) in [4.78, 5) is 13.1. The summed E-state index contributed by atoms with van der Waals surface area (Å²) in [6, 6.07) is 5.94. The minimum atomic E-state index is 0.714. The van der Waals surface area contributed by atoms with Gasteiger partial charge in [0.15, 0.2) is 6.29 Å². The largest absolute Gasteiger partial charge is 0.372 e. The molecule has 1 aromatic rings. The van der Waals surface area contributed by atoms with Gasteiger partial charge in [0.25, 0.3) is 0 Å². The Morgan fingerprint density at radius 2 is 2.25 bits per heavy atom. The lowest BCUT2D eigenvalue weighted by Crippen LogP contribution is -2.25. The molecule has 0 radical (unpaired) electrons. The van der Waals surface area contributed by atoms with Crippen LogP contribution in [0.3, 0.4) is 0 Å². The van der Waals surface area contributed by atoms with E-state index >= 15 is 0 Å². The third-order valence-corrected chi connectivity index (χ3v) is 3.72. The van der Waals surface area contributed by atoms with E-state index in [-0.39, 0.29) is 0 Å². The molecule has 0 N–H and O–H groups in total. The number of benzene rings is 1. The molecule has 1 fully saturated rings. The molecule has 1 aromatic carbocycles. The van der Waals surface area contributed by atoms with Crippen LogP contribution in [0.5, 0.6) is 0 Å². The van der Waals surface area contributed by atoms with Crippen LogP contribution >= 0.6 is 15.9 Å². The van der Waals surface area contributed by atoms with Gasteiger partial charge in [0, 0.05) is 28.8 Å². The van der Waals surface area contributed by atoms with Crippen LogP contribution < -0.4 is 4.90 Å². The normalized spacial score (nSPS) is 14.9. The first kappa shape index (κ1) is 11.6. The van der Waals surface area contributed by atoms with E-state index in [1.807, 2.05) is 18.2 Å². The first-order chi connectivity index (χ1) is 7.74. The summed E-state index contributed by atoms with van der Waals surface area (Å²) in [5.41, 5.74) is 1.91. The van der Waals surface area contributed by atoms with Gasteiger partial charge < -0.3 is 4.90 Å². The summed E-state index contributed by atoms with van der Waals surface area (Å²) in [5.74, 6) is 0.879. The number of hydrogen-bond acceptors (Lipinski definition) is 2. The predicted octanol–water partition coefficient (Wildman–Crippen LogP) is 3.50. The summed E-state index contributed by atoms with van der Waals surface area (Å²) >= 11 is 3.43. The zero-order valence-electron chi connectivity index (χ0n) is 9.45. The highest BCUT2D eigenvalue weighted by Crippen LogP contribution is 2.32. The van der Waals surface area contributed by atoms with Crippen LogP contribution in [0.4, 0.5) is 5.69 Å². The van der Waals surface area contributed by atoms with Gasteiger partial charge >= 0.3 is 0 Å². The fraction of sp³-hybridized carbons (Fsp3) is 0.462. The monoisotopic (exact) mass is 281 g/mol. The Morgan fingerprint density at radius 1 is 1.50 bits per heavy atom. The molecule has 1 saturated carbocycles. The van der Waals surface area contributed by atoms with Crippen molar-refractivity contribution in [2.75, 3.05) is 18.0 Å². The number of carbonyl (C=O) groups excluding carboxylic acids is 1. The van der Waals surface area contributed by atoms with E-state index < -0.39 is 0 Å². The lowest BCUT2D eigenvalue weighted by molar-refractivity contribution is 0.112. The van der Waals surface area contributed by atoms with Gasteiger partial charge in [-0.05, 0) is 59.8 Å². The molecule has 0 heterocycles. The van der Waals surface area contributed by atoms with Gasteiger partial charge in [-0.15, -0.1) is 0 Å². The Hall–Kier alpha value is -0.830. The lowest BCUT2D eigenvalue weighted by Gasteiger charge is -2.23. The highest BCUT2D eigenvalue weighted by atomic mass is 79.9. The van der Waals surface area contributed by atoms with Crippen molar-refractivity contribution in [3.63, 3.8) is 0 Å². The van der Waals surface area contributed by atoms with Crippen LogP contribution in [-0.2, 0) is 0 Å². The van der Waals surface area contributed by atoms with E-state index in [0.717, 1.165) is 29.8 Å². The number of anilines is 1. The van der Waals surface area contributed by atoms with Crippen LogP contribution in [-0.4, -0.2) is 19.4 Å². The lowest BCUT2D eigenvalue weighted by atomic mass is 10.2. The van der Waals surface area contributed by atoms with E-state index in [2.05, 4.69) is 27.8 Å². The molecule has 3 heteroatoms. The Bertz CT molecular complexity index is 388. The molecule has 0 saturated heterocycles. The SMILES string of the molecule is CCN(CC1CC1)c1ccc(C=O)c(Br)c1. The topological polar surface area (TPSA) is 20.3 Å². The summed E-state index contributed by atoms with van der Waals surface area (Å²) in [6.45, 7) is 4.33. The molecule has 16 heavy (non-hydrogen) atoms. The summed E-state index contributed by atoms with van der Waals surface area (Å²) in [6.07, 6.45) is 3.61. The molecule has 2 rings (SSSR count). The fourth-order valence-electron chi connectivity index (χ4n) is 1.84. The predicted molar refractivity (Wildman–Crippen MR) is 70.1 cm³/mol. The maximum Gasteiger partial charge on any atom is 0.151 e. The maximum atomic E-state index is 10.7. The highest BCUT2D eigenvalue weighted by molar-refractivity contribution is 9.10. The molecule has 1 aliphatic carbocycles. The Labute approximate surface area is 105 Å². The maximum absolute atomic E-state index is 10.7. The second-order valence-corrected chi connectivity index (χ2v) is 5.16. The van der Waals surface area contributed by atoms with Crippen LogP contribution in [0, 0.1) is 5.92 Å². The Balaban J connectivity index is 2.16. The van der Waals surface area contributed by atoms with Crippen LogP contribution in [0.1, 0.15) is 30.1 Å². The highest BCUT2D eigenvalue weighted by Gasteiger charge is 2.23. The van der Waals surface area contributed by atoms with Crippen molar-refractivity contribution in [3.8, 4) is 0 Å². The summed E-state index contributed by atoms with van der Waals surface area (Å²) < 4.78 is 0.884. The van der Waals surface area contributed by atoms with Gasteiger partial charge in [0.05, 0.1) is 0 Å². The zero-order valence-corrected chi connectivity index (χ0v) is 11.0. The number of rotatable bonds is 5. The van der Waals surface area contributed by atoms with Crippen molar-refractivity contribution < 1.29 is 4.79 Å². The molecule has 0 amide bonds. The molecule has 0 aromatic heterocycles. The molecular weight excluding hydrogens is 266 g/mol. The first-order valence-electron chi connectivity index (χ1n) is 5.74. The molecule has 0 bridgehead atoms. The first-order valence-corrected chi connectivity index (χ1v) is 6.53. The van der Waals surface area contributed by atoms with Crippen molar-refractivity contribution in [1.29, 1.82) is 0 Å². The average Bonchev–Trinajstić information content (AvgIpc) is 3.09. The van der Waals surface area contributed by atoms with Gasteiger partial charge in [-0.1, -0.05) is 0 Å². The third kappa shape index (κ3) is 2.64. The molecule has 86 valence electrons. The van der Waals surface area contributed by atoms with Crippen LogP contribution in [0.2, 0.25) is 0 Å². The van der Waals surface area contributed by atoms with Gasteiger partial charge in [0.2, 0.25) is 0 Å². The second-order valence-electron chi connectivity index (χ2n) is 4.31. The number of halogens is 1. The summed E-state index contributed by atoms with van der Waals surface area (Å²) in [7, 11) is 0. The fourth-order valence-corrected chi connectivity index (χ4v) is 2.30. The van der Waals surface area contributed by atoms with Crippen molar-refractivity contribution in [2.24, 2.45) is 5.92 Å². The van der Waals surface area contributed by atoms with E-state index in [1.54, 1.807) is 0 Å². The van der Waals surface area contributed by atoms with Gasteiger partial charge in [-0.2, -0.15) is 0 Å².